The van der Waals surface area contributed by atoms with Gasteiger partial charge in [0.05, 0.1) is 12.7 Å². The summed E-state index contributed by atoms with van der Waals surface area (Å²) in [7, 11) is 0. The third-order valence-electron chi connectivity index (χ3n) is 4.27. The van der Waals surface area contributed by atoms with Crippen molar-refractivity contribution in [2.24, 2.45) is 11.7 Å². The Balaban J connectivity index is 2.02. The lowest BCUT2D eigenvalue weighted by Crippen LogP contribution is -2.32. The second-order valence-electron chi connectivity index (χ2n) is 7.28. The van der Waals surface area contributed by atoms with Crippen molar-refractivity contribution in [3.8, 4) is 5.69 Å². The molecular weight excluding hydrogens is 392 g/mol. The molecule has 0 amide bonds. The van der Waals surface area contributed by atoms with E-state index in [0.29, 0.717) is 43.0 Å². The van der Waals surface area contributed by atoms with Crippen molar-refractivity contribution in [2.45, 2.75) is 50.4 Å². The largest absolute Gasteiger partial charge is 0.480 e. The monoisotopic (exact) mass is 422 g/mol. The highest BCUT2D eigenvalue weighted by Gasteiger charge is 2.19. The first-order valence-corrected chi connectivity index (χ1v) is 10.7. The van der Waals surface area contributed by atoms with Crippen LogP contribution in [-0.2, 0) is 16.0 Å². The average Bonchev–Trinajstić information content (AvgIpc) is 3.11. The number of hydrogen-bond donors (Lipinski definition) is 3. The number of aromatic nitrogens is 3. The Labute approximate surface area is 175 Å². The molecule has 0 radical (unpaired) electrons. The summed E-state index contributed by atoms with van der Waals surface area (Å²) in [6.07, 6.45) is 1.39. The van der Waals surface area contributed by atoms with Gasteiger partial charge in [0.15, 0.2) is 5.16 Å². The van der Waals surface area contributed by atoms with E-state index in [1.54, 1.807) is 0 Å². The van der Waals surface area contributed by atoms with Crippen molar-refractivity contribution >= 4 is 17.7 Å². The van der Waals surface area contributed by atoms with Gasteiger partial charge in [-0.05, 0) is 30.9 Å². The first-order valence-electron chi connectivity index (χ1n) is 9.75. The molecule has 0 saturated heterocycles. The van der Waals surface area contributed by atoms with E-state index in [1.807, 2.05) is 34.9 Å². The molecule has 0 bridgehead atoms. The van der Waals surface area contributed by atoms with Crippen molar-refractivity contribution in [2.75, 3.05) is 19.0 Å². The van der Waals surface area contributed by atoms with Crippen molar-refractivity contribution in [1.29, 1.82) is 0 Å². The minimum atomic E-state index is -1.05. The number of para-hydroxylation sites is 1. The maximum Gasteiger partial charge on any atom is 0.321 e. The van der Waals surface area contributed by atoms with Crippen LogP contribution in [0.1, 0.15) is 32.5 Å². The maximum absolute atomic E-state index is 11.0. The molecule has 0 saturated carbocycles. The lowest BCUT2D eigenvalue weighted by molar-refractivity contribution is -0.137. The zero-order valence-corrected chi connectivity index (χ0v) is 17.7. The van der Waals surface area contributed by atoms with E-state index in [0.717, 1.165) is 12.1 Å². The van der Waals surface area contributed by atoms with Gasteiger partial charge in [-0.2, -0.15) is 0 Å². The van der Waals surface area contributed by atoms with Gasteiger partial charge in [0.1, 0.15) is 11.9 Å². The maximum atomic E-state index is 11.0. The molecule has 0 spiro atoms. The molecule has 2 aromatic rings. The smallest absolute Gasteiger partial charge is 0.321 e. The highest BCUT2D eigenvalue weighted by Crippen LogP contribution is 2.23. The van der Waals surface area contributed by atoms with Crippen molar-refractivity contribution in [3.63, 3.8) is 0 Å². The van der Waals surface area contributed by atoms with E-state index < -0.39 is 18.1 Å². The SMILES string of the molecule is CC(C)CCOCC(O)CCc1nnc(SC[C@@H](N)C(=O)O)n1-c1ccccc1. The predicted molar refractivity (Wildman–Crippen MR) is 112 cm³/mol. The summed E-state index contributed by atoms with van der Waals surface area (Å²) >= 11 is 1.25. The molecule has 160 valence electrons. The molecule has 1 aromatic heterocycles. The Morgan fingerprint density at radius 3 is 2.62 bits per heavy atom. The summed E-state index contributed by atoms with van der Waals surface area (Å²) in [5.74, 6) is 0.404. The van der Waals surface area contributed by atoms with Gasteiger partial charge in [-0.1, -0.05) is 43.8 Å². The van der Waals surface area contributed by atoms with Gasteiger partial charge in [-0.25, -0.2) is 0 Å². The van der Waals surface area contributed by atoms with Crippen LogP contribution in [0.2, 0.25) is 0 Å². The Morgan fingerprint density at radius 2 is 1.97 bits per heavy atom. The summed E-state index contributed by atoms with van der Waals surface area (Å²) in [4.78, 5) is 11.0. The highest BCUT2D eigenvalue weighted by atomic mass is 32.2. The molecule has 2 atom stereocenters. The van der Waals surface area contributed by atoms with Gasteiger partial charge in [-0.3, -0.25) is 9.36 Å². The van der Waals surface area contributed by atoms with Crippen LogP contribution in [0.3, 0.4) is 0 Å². The molecular formula is C20H30N4O4S. The predicted octanol–water partition coefficient (Wildman–Crippen LogP) is 2.13. The van der Waals surface area contributed by atoms with Gasteiger partial charge in [0, 0.05) is 24.5 Å². The first-order chi connectivity index (χ1) is 13.9. The van der Waals surface area contributed by atoms with Gasteiger partial charge < -0.3 is 20.7 Å². The van der Waals surface area contributed by atoms with Crippen LogP contribution in [0.5, 0.6) is 0 Å². The van der Waals surface area contributed by atoms with Crippen LogP contribution in [0.25, 0.3) is 5.69 Å². The van der Waals surface area contributed by atoms with Crippen LogP contribution in [-0.4, -0.2) is 62.1 Å². The summed E-state index contributed by atoms with van der Waals surface area (Å²) in [5, 5.41) is 28.3. The number of aliphatic hydroxyl groups excluding tert-OH is 1. The quantitative estimate of drug-likeness (QED) is 0.331. The Morgan fingerprint density at radius 1 is 1.24 bits per heavy atom. The lowest BCUT2D eigenvalue weighted by Gasteiger charge is -2.14. The molecule has 9 heteroatoms. The number of carbonyl (C=O) groups is 1. The van der Waals surface area contributed by atoms with Gasteiger partial charge in [0.25, 0.3) is 0 Å². The van der Waals surface area contributed by atoms with Gasteiger partial charge in [0.2, 0.25) is 0 Å². The van der Waals surface area contributed by atoms with E-state index in [4.69, 9.17) is 15.6 Å². The zero-order valence-electron chi connectivity index (χ0n) is 16.9. The molecule has 0 fully saturated rings. The number of ether oxygens (including phenoxy) is 1. The van der Waals surface area contributed by atoms with Gasteiger partial charge >= 0.3 is 5.97 Å². The number of aliphatic hydroxyl groups is 1. The highest BCUT2D eigenvalue weighted by molar-refractivity contribution is 7.99. The van der Waals surface area contributed by atoms with E-state index >= 15 is 0 Å². The fourth-order valence-electron chi connectivity index (χ4n) is 2.55. The van der Waals surface area contributed by atoms with Crippen LogP contribution >= 0.6 is 11.8 Å². The fraction of sp³-hybridized carbons (Fsp3) is 0.550. The standard InChI is InChI=1S/C20H30N4O4S/c1-14(2)10-11-28-12-16(25)8-9-18-22-23-20(29-13-17(21)19(26)27)24(18)15-6-4-3-5-7-15/h3-7,14,16-17,25H,8-13,21H2,1-2H3,(H,26,27)/t16?,17-/m1/s1. The molecule has 29 heavy (non-hydrogen) atoms. The van der Waals surface area contributed by atoms with Crippen LogP contribution in [0.15, 0.2) is 35.5 Å². The number of carboxylic acids is 1. The molecule has 1 unspecified atom stereocenters. The number of hydrogen-bond acceptors (Lipinski definition) is 7. The fourth-order valence-corrected chi connectivity index (χ4v) is 3.45. The minimum absolute atomic E-state index is 0.187. The van der Waals surface area contributed by atoms with E-state index in [1.165, 1.54) is 11.8 Å². The molecule has 8 nitrogen and oxygen atoms in total. The topological polar surface area (TPSA) is 123 Å². The minimum Gasteiger partial charge on any atom is -0.480 e. The van der Waals surface area contributed by atoms with Crippen molar-refractivity contribution in [3.05, 3.63) is 36.2 Å². The Kier molecular flexibility index (Phi) is 9.59. The Hall–Kier alpha value is -1.94. The second kappa shape index (κ2) is 11.9. The van der Waals surface area contributed by atoms with Gasteiger partial charge in [-0.15, -0.1) is 10.2 Å². The average molecular weight is 423 g/mol. The molecule has 0 aliphatic heterocycles. The zero-order chi connectivity index (χ0) is 21.2. The summed E-state index contributed by atoms with van der Waals surface area (Å²) < 4.78 is 7.42. The molecule has 2 rings (SSSR count). The van der Waals surface area contributed by atoms with E-state index in [9.17, 15) is 9.90 Å². The number of benzene rings is 1. The van der Waals surface area contributed by atoms with Crippen molar-refractivity contribution < 1.29 is 19.7 Å². The number of rotatable bonds is 13. The molecule has 0 aliphatic rings. The lowest BCUT2D eigenvalue weighted by atomic mass is 10.1. The van der Waals surface area contributed by atoms with Crippen LogP contribution in [0.4, 0.5) is 0 Å². The van der Waals surface area contributed by atoms with Crippen LogP contribution in [0, 0.1) is 5.92 Å². The molecule has 0 aliphatic carbocycles. The number of nitrogens with two attached hydrogens (primary N) is 1. The van der Waals surface area contributed by atoms with E-state index in [-0.39, 0.29) is 5.75 Å². The Bertz CT molecular complexity index is 754. The second-order valence-corrected chi connectivity index (χ2v) is 8.26. The van der Waals surface area contributed by atoms with Crippen molar-refractivity contribution in [1.82, 2.24) is 14.8 Å². The van der Waals surface area contributed by atoms with E-state index in [2.05, 4.69) is 24.0 Å². The number of aliphatic carboxylic acids is 1. The number of carboxylic acid groups (broad SMARTS) is 1. The molecule has 1 heterocycles. The molecule has 1 aromatic carbocycles. The van der Waals surface area contributed by atoms with Crippen LogP contribution < -0.4 is 5.73 Å². The summed E-state index contributed by atoms with van der Waals surface area (Å²) in [5.41, 5.74) is 6.49. The normalized spacial score (nSPS) is 13.6. The summed E-state index contributed by atoms with van der Waals surface area (Å²) in [6.45, 7) is 5.20. The molecule has 4 N–H and O–H groups in total. The third kappa shape index (κ3) is 7.77. The number of nitrogens with zero attached hydrogens (tertiary/aromatic N) is 3. The number of thioether (sulfide) groups is 1. The summed E-state index contributed by atoms with van der Waals surface area (Å²) in [6, 6.07) is 8.62. The first kappa shape index (κ1) is 23.3. The number of aryl methyl sites for hydroxylation is 1. The third-order valence-corrected chi connectivity index (χ3v) is 5.32.